The van der Waals surface area contributed by atoms with Gasteiger partial charge >= 0.3 is 6.18 Å². The minimum absolute atomic E-state index is 0.0470. The van der Waals surface area contributed by atoms with E-state index in [0.29, 0.717) is 4.90 Å². The van der Waals surface area contributed by atoms with Crippen LogP contribution in [0, 0.1) is 5.82 Å². The number of alkyl halides is 3. The fourth-order valence-electron chi connectivity index (χ4n) is 2.49. The third-order valence-electron chi connectivity index (χ3n) is 3.52. The first-order valence-corrected chi connectivity index (χ1v) is 7.73. The number of hydrogen-bond acceptors (Lipinski definition) is 2. The zero-order chi connectivity index (χ0) is 16.6. The third-order valence-corrected chi connectivity index (χ3v) is 4.55. The lowest BCUT2D eigenvalue weighted by Crippen LogP contribution is -2.36. The normalized spacial score (nSPS) is 14.8. The third kappa shape index (κ3) is 3.06. The SMILES string of the molecule is O=C1CSc2cccc(F)c2N1Cc1ccccc1C(F)(F)F. The number of benzene rings is 2. The van der Waals surface area contributed by atoms with Crippen LogP contribution in [0.5, 0.6) is 0 Å². The number of thioether (sulfide) groups is 1. The Morgan fingerprint density at radius 1 is 1.09 bits per heavy atom. The molecule has 1 amide bonds. The Balaban J connectivity index is 2.04. The number of carbonyl (C=O) groups is 1. The van der Waals surface area contributed by atoms with Gasteiger partial charge in [0.15, 0.2) is 0 Å². The summed E-state index contributed by atoms with van der Waals surface area (Å²) in [5.41, 5.74) is -0.830. The molecule has 1 aliphatic rings. The van der Waals surface area contributed by atoms with Crippen molar-refractivity contribution in [1.29, 1.82) is 0 Å². The summed E-state index contributed by atoms with van der Waals surface area (Å²) in [6, 6.07) is 9.38. The van der Waals surface area contributed by atoms with E-state index in [0.717, 1.165) is 11.0 Å². The van der Waals surface area contributed by atoms with Gasteiger partial charge in [-0.25, -0.2) is 4.39 Å². The molecule has 120 valence electrons. The van der Waals surface area contributed by atoms with Crippen LogP contribution >= 0.6 is 11.8 Å². The van der Waals surface area contributed by atoms with Gasteiger partial charge in [0.1, 0.15) is 5.82 Å². The van der Waals surface area contributed by atoms with Gasteiger partial charge in [-0.1, -0.05) is 24.3 Å². The predicted octanol–water partition coefficient (Wildman–Crippen LogP) is 4.48. The number of para-hydroxylation sites is 1. The predicted molar refractivity (Wildman–Crippen MR) is 79.8 cm³/mol. The number of anilines is 1. The molecular weight excluding hydrogens is 330 g/mol. The Labute approximate surface area is 134 Å². The molecule has 1 aliphatic heterocycles. The number of amides is 1. The highest BCUT2D eigenvalue weighted by Gasteiger charge is 2.35. The van der Waals surface area contributed by atoms with Crippen LogP contribution in [0.4, 0.5) is 23.2 Å². The van der Waals surface area contributed by atoms with Gasteiger partial charge in [-0.3, -0.25) is 4.79 Å². The summed E-state index contributed by atoms with van der Waals surface area (Å²) < 4.78 is 53.4. The second-order valence-electron chi connectivity index (χ2n) is 5.01. The molecule has 1 heterocycles. The molecule has 0 unspecified atom stereocenters. The molecule has 23 heavy (non-hydrogen) atoms. The maximum atomic E-state index is 14.1. The van der Waals surface area contributed by atoms with Gasteiger partial charge in [-0.15, -0.1) is 11.8 Å². The fourth-order valence-corrected chi connectivity index (χ4v) is 3.44. The van der Waals surface area contributed by atoms with Crippen molar-refractivity contribution in [1.82, 2.24) is 0 Å². The van der Waals surface area contributed by atoms with Crippen LogP contribution < -0.4 is 4.90 Å². The molecule has 0 fully saturated rings. The summed E-state index contributed by atoms with van der Waals surface area (Å²) in [7, 11) is 0. The Morgan fingerprint density at radius 2 is 1.83 bits per heavy atom. The topological polar surface area (TPSA) is 20.3 Å². The minimum atomic E-state index is -4.53. The van der Waals surface area contributed by atoms with Crippen molar-refractivity contribution in [2.45, 2.75) is 17.6 Å². The highest BCUT2D eigenvalue weighted by atomic mass is 32.2. The molecular formula is C16H11F4NOS. The molecule has 7 heteroatoms. The minimum Gasteiger partial charge on any atom is -0.303 e. The zero-order valence-electron chi connectivity index (χ0n) is 11.7. The molecule has 0 radical (unpaired) electrons. The van der Waals surface area contributed by atoms with E-state index >= 15 is 0 Å². The molecule has 0 saturated carbocycles. The second-order valence-corrected chi connectivity index (χ2v) is 6.03. The van der Waals surface area contributed by atoms with Crippen LogP contribution in [0.25, 0.3) is 0 Å². The average Bonchev–Trinajstić information content (AvgIpc) is 2.50. The number of rotatable bonds is 2. The quantitative estimate of drug-likeness (QED) is 0.751. The summed E-state index contributed by atoms with van der Waals surface area (Å²) in [4.78, 5) is 13.8. The van der Waals surface area contributed by atoms with Gasteiger partial charge < -0.3 is 4.90 Å². The van der Waals surface area contributed by atoms with Crippen LogP contribution in [0.15, 0.2) is 47.4 Å². The molecule has 3 rings (SSSR count). The first kappa shape index (κ1) is 15.9. The van der Waals surface area contributed by atoms with Crippen LogP contribution in [-0.4, -0.2) is 11.7 Å². The van der Waals surface area contributed by atoms with Crippen molar-refractivity contribution in [2.75, 3.05) is 10.7 Å². The van der Waals surface area contributed by atoms with Crippen LogP contribution in [-0.2, 0) is 17.5 Å². The highest BCUT2D eigenvalue weighted by molar-refractivity contribution is 8.00. The van der Waals surface area contributed by atoms with Crippen molar-refractivity contribution in [2.24, 2.45) is 0 Å². The first-order chi connectivity index (χ1) is 10.9. The van der Waals surface area contributed by atoms with Crippen molar-refractivity contribution in [3.63, 3.8) is 0 Å². The smallest absolute Gasteiger partial charge is 0.303 e. The van der Waals surface area contributed by atoms with E-state index in [-0.39, 0.29) is 23.5 Å². The van der Waals surface area contributed by atoms with Gasteiger partial charge in [0.05, 0.1) is 23.5 Å². The number of carbonyl (C=O) groups excluding carboxylic acids is 1. The molecule has 0 N–H and O–H groups in total. The Bertz CT molecular complexity index is 760. The lowest BCUT2D eigenvalue weighted by atomic mass is 10.1. The number of nitrogens with zero attached hydrogens (tertiary/aromatic N) is 1. The number of hydrogen-bond donors (Lipinski definition) is 0. The van der Waals surface area contributed by atoms with Gasteiger partial charge in [0.2, 0.25) is 5.91 Å². The second kappa shape index (κ2) is 5.88. The Morgan fingerprint density at radius 3 is 2.57 bits per heavy atom. The maximum Gasteiger partial charge on any atom is 0.416 e. The van der Waals surface area contributed by atoms with Gasteiger partial charge in [0.25, 0.3) is 0 Å². The van der Waals surface area contributed by atoms with Crippen molar-refractivity contribution in [3.8, 4) is 0 Å². The average molecular weight is 341 g/mol. The van der Waals surface area contributed by atoms with E-state index in [1.807, 2.05) is 0 Å². The molecule has 2 aromatic rings. The largest absolute Gasteiger partial charge is 0.416 e. The molecule has 0 aliphatic carbocycles. The van der Waals surface area contributed by atoms with E-state index in [4.69, 9.17) is 0 Å². The van der Waals surface area contributed by atoms with Crippen molar-refractivity contribution in [3.05, 3.63) is 59.4 Å². The molecule has 0 bridgehead atoms. The summed E-state index contributed by atoms with van der Waals surface area (Å²) >= 11 is 1.18. The molecule has 2 aromatic carbocycles. The van der Waals surface area contributed by atoms with Gasteiger partial charge in [0, 0.05) is 4.90 Å². The number of fused-ring (bicyclic) bond motifs is 1. The molecule has 2 nitrogen and oxygen atoms in total. The van der Waals surface area contributed by atoms with Gasteiger partial charge in [-0.2, -0.15) is 13.2 Å². The molecule has 0 spiro atoms. The van der Waals surface area contributed by atoms with Crippen molar-refractivity contribution >= 4 is 23.4 Å². The Hall–Kier alpha value is -2.02. The lowest BCUT2D eigenvalue weighted by Gasteiger charge is -2.30. The molecule has 0 aromatic heterocycles. The van der Waals surface area contributed by atoms with E-state index < -0.39 is 23.5 Å². The van der Waals surface area contributed by atoms with E-state index in [1.54, 1.807) is 6.07 Å². The summed E-state index contributed by atoms with van der Waals surface area (Å²) in [5.74, 6) is -0.956. The fraction of sp³-hybridized carbons (Fsp3) is 0.188. The molecule has 0 saturated heterocycles. The summed E-state index contributed by atoms with van der Waals surface area (Å²) in [6.45, 7) is -0.316. The lowest BCUT2D eigenvalue weighted by molar-refractivity contribution is -0.138. The van der Waals surface area contributed by atoms with E-state index in [1.165, 1.54) is 42.1 Å². The van der Waals surface area contributed by atoms with Gasteiger partial charge in [-0.05, 0) is 23.8 Å². The zero-order valence-corrected chi connectivity index (χ0v) is 12.5. The standard InChI is InChI=1S/C16H11F4NOS/c17-12-6-3-7-13-15(12)21(14(22)9-23-13)8-10-4-1-2-5-11(10)16(18,19)20/h1-7H,8-9H2. The summed E-state index contributed by atoms with van der Waals surface area (Å²) in [6.07, 6.45) is -4.53. The Kier molecular flexibility index (Phi) is 4.06. The first-order valence-electron chi connectivity index (χ1n) is 6.74. The van der Waals surface area contributed by atoms with Crippen LogP contribution in [0.2, 0.25) is 0 Å². The van der Waals surface area contributed by atoms with E-state index in [2.05, 4.69) is 0 Å². The monoisotopic (exact) mass is 341 g/mol. The molecule has 0 atom stereocenters. The van der Waals surface area contributed by atoms with Crippen molar-refractivity contribution < 1.29 is 22.4 Å². The highest BCUT2D eigenvalue weighted by Crippen LogP contribution is 2.39. The van der Waals surface area contributed by atoms with Crippen LogP contribution in [0.3, 0.4) is 0 Å². The maximum absolute atomic E-state index is 14.1. The summed E-state index contributed by atoms with van der Waals surface area (Å²) in [5, 5.41) is 0. The number of halogens is 4. The van der Waals surface area contributed by atoms with Crippen LogP contribution in [0.1, 0.15) is 11.1 Å². The van der Waals surface area contributed by atoms with E-state index in [9.17, 15) is 22.4 Å².